The van der Waals surface area contributed by atoms with Crippen LogP contribution in [0.4, 0.5) is 11.5 Å². The molecular weight excluding hydrogens is 292 g/mol. The highest BCUT2D eigenvalue weighted by molar-refractivity contribution is 6.29. The van der Waals surface area contributed by atoms with Gasteiger partial charge in [0.05, 0.1) is 4.92 Å². The van der Waals surface area contributed by atoms with Gasteiger partial charge in [-0.1, -0.05) is 37.6 Å². The Bertz CT molecular complexity index is 661. The summed E-state index contributed by atoms with van der Waals surface area (Å²) in [7, 11) is 0. The number of rotatable bonds is 5. The van der Waals surface area contributed by atoms with E-state index in [2.05, 4.69) is 15.3 Å². The van der Waals surface area contributed by atoms with Crippen LogP contribution in [-0.4, -0.2) is 14.9 Å². The molecule has 0 saturated carbocycles. The van der Waals surface area contributed by atoms with Crippen LogP contribution in [0.3, 0.4) is 0 Å². The molecule has 6 nitrogen and oxygen atoms in total. The normalized spacial score (nSPS) is 10.7. The van der Waals surface area contributed by atoms with E-state index in [1.165, 1.54) is 12.1 Å². The van der Waals surface area contributed by atoms with Gasteiger partial charge >= 0.3 is 0 Å². The molecule has 0 spiro atoms. The molecule has 7 heteroatoms. The molecule has 0 saturated heterocycles. The molecule has 21 heavy (non-hydrogen) atoms. The van der Waals surface area contributed by atoms with E-state index in [0.29, 0.717) is 23.3 Å². The van der Waals surface area contributed by atoms with Gasteiger partial charge in [-0.3, -0.25) is 10.1 Å². The number of nitro benzene ring substituents is 1. The van der Waals surface area contributed by atoms with Crippen LogP contribution < -0.4 is 5.32 Å². The van der Waals surface area contributed by atoms with Crippen LogP contribution in [0, 0.1) is 10.1 Å². The lowest BCUT2D eigenvalue weighted by Gasteiger charge is -2.09. The molecule has 1 aromatic heterocycles. The largest absolute Gasteiger partial charge is 0.366 e. The van der Waals surface area contributed by atoms with Crippen molar-refractivity contribution in [3.8, 4) is 0 Å². The molecule has 0 aliphatic heterocycles. The maximum atomic E-state index is 10.7. The van der Waals surface area contributed by atoms with Crippen molar-refractivity contribution in [3.63, 3.8) is 0 Å². The monoisotopic (exact) mass is 306 g/mol. The molecule has 0 unspecified atom stereocenters. The lowest BCUT2D eigenvalue weighted by molar-refractivity contribution is -0.384. The van der Waals surface area contributed by atoms with Gasteiger partial charge in [0.15, 0.2) is 0 Å². The first-order chi connectivity index (χ1) is 9.95. The molecule has 0 amide bonds. The van der Waals surface area contributed by atoms with Gasteiger partial charge < -0.3 is 5.32 Å². The fraction of sp³-hybridized carbons (Fsp3) is 0.286. The molecule has 2 rings (SSSR count). The molecule has 1 N–H and O–H groups in total. The topological polar surface area (TPSA) is 81.0 Å². The van der Waals surface area contributed by atoms with E-state index in [1.54, 1.807) is 12.1 Å². The summed E-state index contributed by atoms with van der Waals surface area (Å²) in [5, 5.41) is 14.2. The fourth-order valence-electron chi connectivity index (χ4n) is 1.76. The summed E-state index contributed by atoms with van der Waals surface area (Å²) in [5.74, 6) is 1.43. The number of hydrogen-bond donors (Lipinski definition) is 1. The summed E-state index contributed by atoms with van der Waals surface area (Å²) >= 11 is 5.96. The molecular formula is C14H15ClN4O2. The van der Waals surface area contributed by atoms with E-state index in [4.69, 9.17) is 11.6 Å². The van der Waals surface area contributed by atoms with Crippen LogP contribution in [0.5, 0.6) is 0 Å². The van der Waals surface area contributed by atoms with Gasteiger partial charge in [0, 0.05) is 30.7 Å². The minimum atomic E-state index is -0.415. The van der Waals surface area contributed by atoms with Crippen LogP contribution in [-0.2, 0) is 6.54 Å². The number of nitrogens with zero attached hydrogens (tertiary/aromatic N) is 3. The zero-order chi connectivity index (χ0) is 15.4. The van der Waals surface area contributed by atoms with Crippen molar-refractivity contribution in [2.45, 2.75) is 26.3 Å². The first-order valence-electron chi connectivity index (χ1n) is 6.47. The van der Waals surface area contributed by atoms with Gasteiger partial charge in [-0.05, 0) is 5.56 Å². The Morgan fingerprint density at radius 3 is 2.76 bits per heavy atom. The first-order valence-corrected chi connectivity index (χ1v) is 6.85. The Hall–Kier alpha value is -2.21. The number of non-ortho nitro benzene ring substituents is 1. The van der Waals surface area contributed by atoms with Gasteiger partial charge in [-0.25, -0.2) is 9.97 Å². The van der Waals surface area contributed by atoms with Gasteiger partial charge in [-0.2, -0.15) is 0 Å². The van der Waals surface area contributed by atoms with Gasteiger partial charge in [0.2, 0.25) is 0 Å². The molecule has 1 heterocycles. The highest BCUT2D eigenvalue weighted by Gasteiger charge is 2.08. The smallest absolute Gasteiger partial charge is 0.269 e. The van der Waals surface area contributed by atoms with Crippen molar-refractivity contribution < 1.29 is 4.92 Å². The van der Waals surface area contributed by atoms with Crippen molar-refractivity contribution in [1.29, 1.82) is 0 Å². The fourth-order valence-corrected chi connectivity index (χ4v) is 1.95. The lowest BCUT2D eigenvalue weighted by atomic mass is 10.2. The zero-order valence-corrected chi connectivity index (χ0v) is 12.5. The van der Waals surface area contributed by atoms with Gasteiger partial charge in [-0.15, -0.1) is 0 Å². The minimum absolute atomic E-state index is 0.0675. The highest BCUT2D eigenvalue weighted by Crippen LogP contribution is 2.18. The molecule has 0 aliphatic rings. The number of nitrogens with one attached hydrogen (secondary N) is 1. The summed E-state index contributed by atoms with van der Waals surface area (Å²) in [4.78, 5) is 18.8. The predicted molar refractivity (Wildman–Crippen MR) is 81.6 cm³/mol. The number of nitro groups is 1. The van der Waals surface area contributed by atoms with Crippen LogP contribution in [0.2, 0.25) is 5.15 Å². The molecule has 0 atom stereocenters. The third kappa shape index (κ3) is 4.13. The third-order valence-electron chi connectivity index (χ3n) is 2.82. The predicted octanol–water partition coefficient (Wildman–Crippen LogP) is 3.77. The Labute approximate surface area is 127 Å². The lowest BCUT2D eigenvalue weighted by Crippen LogP contribution is -2.06. The molecule has 0 aliphatic carbocycles. The van der Waals surface area contributed by atoms with Crippen molar-refractivity contribution in [2.24, 2.45) is 0 Å². The second-order valence-corrected chi connectivity index (χ2v) is 5.26. The van der Waals surface area contributed by atoms with E-state index in [9.17, 15) is 10.1 Å². The molecule has 0 bridgehead atoms. The van der Waals surface area contributed by atoms with Gasteiger partial charge in [0.1, 0.15) is 16.8 Å². The Balaban J connectivity index is 2.13. The van der Waals surface area contributed by atoms with Gasteiger partial charge in [0.25, 0.3) is 5.69 Å². The van der Waals surface area contributed by atoms with Crippen LogP contribution in [0.15, 0.2) is 30.3 Å². The maximum Gasteiger partial charge on any atom is 0.269 e. The minimum Gasteiger partial charge on any atom is -0.366 e. The summed E-state index contributed by atoms with van der Waals surface area (Å²) in [6.07, 6.45) is 0. The summed E-state index contributed by atoms with van der Waals surface area (Å²) in [5.41, 5.74) is 0.864. The highest BCUT2D eigenvalue weighted by atomic mass is 35.5. The standard InChI is InChI=1S/C14H15ClN4O2/c1-9(2)14-17-12(15)7-13(18-14)16-8-10-4-3-5-11(6-10)19(20)21/h3-7,9H,8H2,1-2H3,(H,16,17,18). The average molecular weight is 307 g/mol. The molecule has 1 aromatic carbocycles. The van der Waals surface area contributed by atoms with E-state index in [0.717, 1.165) is 5.56 Å². The number of aromatic nitrogens is 2. The first kappa shape index (κ1) is 15.2. The van der Waals surface area contributed by atoms with E-state index < -0.39 is 4.92 Å². The van der Waals surface area contributed by atoms with E-state index in [-0.39, 0.29) is 11.6 Å². The average Bonchev–Trinajstić information content (AvgIpc) is 2.45. The van der Waals surface area contributed by atoms with Crippen LogP contribution >= 0.6 is 11.6 Å². The Morgan fingerprint density at radius 2 is 2.10 bits per heavy atom. The third-order valence-corrected chi connectivity index (χ3v) is 3.02. The van der Waals surface area contributed by atoms with E-state index >= 15 is 0 Å². The Kier molecular flexibility index (Phi) is 4.70. The number of benzene rings is 1. The summed E-state index contributed by atoms with van der Waals surface area (Å²) in [6.45, 7) is 4.39. The molecule has 2 aromatic rings. The van der Waals surface area contributed by atoms with Crippen molar-refractivity contribution in [1.82, 2.24) is 9.97 Å². The van der Waals surface area contributed by atoms with E-state index in [1.807, 2.05) is 19.9 Å². The van der Waals surface area contributed by atoms with Crippen molar-refractivity contribution in [3.05, 3.63) is 57.0 Å². The summed E-state index contributed by atoms with van der Waals surface area (Å²) in [6, 6.07) is 8.08. The molecule has 0 radical (unpaired) electrons. The Morgan fingerprint density at radius 1 is 1.33 bits per heavy atom. The molecule has 0 fully saturated rings. The zero-order valence-electron chi connectivity index (χ0n) is 11.7. The van der Waals surface area contributed by atoms with Crippen LogP contribution in [0.1, 0.15) is 31.2 Å². The SMILES string of the molecule is CC(C)c1nc(Cl)cc(NCc2cccc([N+](=O)[O-])c2)n1. The number of hydrogen-bond acceptors (Lipinski definition) is 5. The second kappa shape index (κ2) is 6.49. The second-order valence-electron chi connectivity index (χ2n) is 4.87. The van der Waals surface area contributed by atoms with Crippen molar-refractivity contribution >= 4 is 23.1 Å². The molecule has 110 valence electrons. The number of anilines is 1. The van der Waals surface area contributed by atoms with Crippen molar-refractivity contribution in [2.75, 3.05) is 5.32 Å². The summed E-state index contributed by atoms with van der Waals surface area (Å²) < 4.78 is 0. The quantitative estimate of drug-likeness (QED) is 0.516. The number of halogens is 1. The maximum absolute atomic E-state index is 10.7. The van der Waals surface area contributed by atoms with Crippen LogP contribution in [0.25, 0.3) is 0 Å².